The Morgan fingerprint density at radius 1 is 1.29 bits per heavy atom. The number of carbonyl (C=O) groups is 2. The zero-order valence-corrected chi connectivity index (χ0v) is 8.99. The van der Waals surface area contributed by atoms with Crippen molar-refractivity contribution in [3.8, 4) is 0 Å². The number of hydrogen-bond donors (Lipinski definition) is 2. The maximum Gasteiger partial charge on any atom is 0.308 e. The van der Waals surface area contributed by atoms with Crippen molar-refractivity contribution in [1.29, 1.82) is 0 Å². The summed E-state index contributed by atoms with van der Waals surface area (Å²) >= 11 is 0. The molecule has 3 N–H and O–H groups in total. The van der Waals surface area contributed by atoms with Crippen molar-refractivity contribution in [2.24, 2.45) is 17.6 Å². The van der Waals surface area contributed by atoms with Crippen molar-refractivity contribution in [3.63, 3.8) is 0 Å². The molecule has 0 aliphatic heterocycles. The van der Waals surface area contributed by atoms with Crippen LogP contribution in [0.2, 0.25) is 0 Å². The van der Waals surface area contributed by atoms with Gasteiger partial charge in [0.2, 0.25) is 0 Å². The standard InChI is InChI=1S/C10H19NO3/c1-6(2)4-5-8(12)9(11)7(3)10(13)14/h6-7,9H,4-5,11H2,1-3H3,(H,13,14). The maximum atomic E-state index is 11.4. The molecule has 0 bridgehead atoms. The molecule has 0 aromatic heterocycles. The van der Waals surface area contributed by atoms with Crippen LogP contribution in [0.5, 0.6) is 0 Å². The molecule has 14 heavy (non-hydrogen) atoms. The zero-order chi connectivity index (χ0) is 11.3. The first-order valence-electron chi connectivity index (χ1n) is 4.87. The lowest BCUT2D eigenvalue weighted by atomic mass is 9.94. The molecule has 0 aliphatic carbocycles. The largest absolute Gasteiger partial charge is 0.481 e. The van der Waals surface area contributed by atoms with Gasteiger partial charge in [-0.3, -0.25) is 9.59 Å². The number of nitrogens with two attached hydrogens (primary N) is 1. The van der Waals surface area contributed by atoms with Crippen LogP contribution < -0.4 is 5.73 Å². The van der Waals surface area contributed by atoms with Crippen LogP contribution in [0.1, 0.15) is 33.6 Å². The van der Waals surface area contributed by atoms with Gasteiger partial charge in [-0.2, -0.15) is 0 Å². The van der Waals surface area contributed by atoms with Crippen molar-refractivity contribution in [2.75, 3.05) is 0 Å². The van der Waals surface area contributed by atoms with Gasteiger partial charge >= 0.3 is 5.97 Å². The number of Topliss-reactive ketones (excluding diaryl/α,β-unsaturated/α-hetero) is 1. The van der Waals surface area contributed by atoms with Crippen molar-refractivity contribution in [1.82, 2.24) is 0 Å². The molecule has 0 spiro atoms. The van der Waals surface area contributed by atoms with Crippen LogP contribution in [-0.4, -0.2) is 22.9 Å². The van der Waals surface area contributed by atoms with Gasteiger partial charge in [-0.15, -0.1) is 0 Å². The second-order valence-electron chi connectivity index (χ2n) is 4.05. The summed E-state index contributed by atoms with van der Waals surface area (Å²) in [7, 11) is 0. The van der Waals surface area contributed by atoms with Gasteiger partial charge in [0.1, 0.15) is 5.78 Å². The summed E-state index contributed by atoms with van der Waals surface area (Å²) in [5, 5.41) is 8.65. The summed E-state index contributed by atoms with van der Waals surface area (Å²) in [6.07, 6.45) is 1.13. The highest BCUT2D eigenvalue weighted by Gasteiger charge is 2.25. The summed E-state index contributed by atoms with van der Waals surface area (Å²) in [5.74, 6) is -1.54. The van der Waals surface area contributed by atoms with Gasteiger partial charge in [0.25, 0.3) is 0 Å². The van der Waals surface area contributed by atoms with Gasteiger partial charge in [0.15, 0.2) is 0 Å². The van der Waals surface area contributed by atoms with Gasteiger partial charge in [0, 0.05) is 6.42 Å². The van der Waals surface area contributed by atoms with Crippen molar-refractivity contribution in [3.05, 3.63) is 0 Å². The smallest absolute Gasteiger partial charge is 0.308 e. The molecule has 4 nitrogen and oxygen atoms in total. The third-order valence-electron chi connectivity index (χ3n) is 2.27. The van der Waals surface area contributed by atoms with E-state index in [0.717, 1.165) is 6.42 Å². The molecule has 2 unspecified atom stereocenters. The molecule has 0 saturated carbocycles. The van der Waals surface area contributed by atoms with Gasteiger partial charge in [-0.1, -0.05) is 13.8 Å². The van der Waals surface area contributed by atoms with Crippen molar-refractivity contribution in [2.45, 2.75) is 39.7 Å². The Kier molecular flexibility index (Phi) is 5.38. The summed E-state index contributed by atoms with van der Waals surface area (Å²) < 4.78 is 0. The van der Waals surface area contributed by atoms with Gasteiger partial charge in [-0.25, -0.2) is 0 Å². The number of carboxylic acid groups (broad SMARTS) is 1. The molecule has 0 aliphatic rings. The molecule has 4 heteroatoms. The molecule has 0 heterocycles. The van der Waals surface area contributed by atoms with E-state index >= 15 is 0 Å². The summed E-state index contributed by atoms with van der Waals surface area (Å²) in [5.41, 5.74) is 5.52. The van der Waals surface area contributed by atoms with Gasteiger partial charge < -0.3 is 10.8 Å². The molecule has 2 atom stereocenters. The highest BCUT2D eigenvalue weighted by Crippen LogP contribution is 2.09. The van der Waals surface area contributed by atoms with E-state index in [4.69, 9.17) is 10.8 Å². The molecule has 82 valence electrons. The Morgan fingerprint density at radius 2 is 1.79 bits per heavy atom. The maximum absolute atomic E-state index is 11.4. The molecule has 0 rings (SSSR count). The topological polar surface area (TPSA) is 80.4 Å². The predicted octanol–water partition coefficient (Wildman–Crippen LogP) is 1.04. The fraction of sp³-hybridized carbons (Fsp3) is 0.800. The SMILES string of the molecule is CC(C)CCC(=O)C(N)C(C)C(=O)O. The molecule has 0 radical (unpaired) electrons. The van der Waals surface area contributed by atoms with E-state index in [-0.39, 0.29) is 5.78 Å². The van der Waals surface area contributed by atoms with E-state index in [2.05, 4.69) is 0 Å². The molecular formula is C10H19NO3. The molecule has 0 aromatic carbocycles. The predicted molar refractivity (Wildman–Crippen MR) is 53.9 cm³/mol. The Labute approximate surface area is 84.5 Å². The van der Waals surface area contributed by atoms with E-state index in [1.54, 1.807) is 0 Å². The summed E-state index contributed by atoms with van der Waals surface area (Å²) in [6.45, 7) is 5.49. The van der Waals surface area contributed by atoms with Crippen molar-refractivity contribution >= 4 is 11.8 Å². The molecule has 0 amide bonds. The third-order valence-corrected chi connectivity index (χ3v) is 2.27. The van der Waals surface area contributed by atoms with Crippen LogP contribution in [0.3, 0.4) is 0 Å². The minimum Gasteiger partial charge on any atom is -0.481 e. The number of aliphatic carboxylic acids is 1. The minimum absolute atomic E-state index is 0.159. The Morgan fingerprint density at radius 3 is 2.14 bits per heavy atom. The Bertz CT molecular complexity index is 213. The number of ketones is 1. The van der Waals surface area contributed by atoms with Gasteiger partial charge in [0.05, 0.1) is 12.0 Å². The fourth-order valence-electron chi connectivity index (χ4n) is 1.03. The number of carbonyl (C=O) groups excluding carboxylic acids is 1. The average Bonchev–Trinajstić information content (AvgIpc) is 2.11. The van der Waals surface area contributed by atoms with Crippen LogP contribution >= 0.6 is 0 Å². The monoisotopic (exact) mass is 201 g/mol. The first-order valence-corrected chi connectivity index (χ1v) is 4.87. The lowest BCUT2D eigenvalue weighted by Crippen LogP contribution is -2.40. The van der Waals surface area contributed by atoms with Crippen molar-refractivity contribution < 1.29 is 14.7 Å². The average molecular weight is 201 g/mol. The third kappa shape index (κ3) is 4.37. The number of carboxylic acids is 1. The highest BCUT2D eigenvalue weighted by atomic mass is 16.4. The molecule has 0 aromatic rings. The minimum atomic E-state index is -1.02. The normalized spacial score (nSPS) is 15.2. The molecule has 0 fully saturated rings. The fourth-order valence-corrected chi connectivity index (χ4v) is 1.03. The van der Waals surface area contributed by atoms with Crippen LogP contribution in [-0.2, 0) is 9.59 Å². The quantitative estimate of drug-likeness (QED) is 0.672. The lowest BCUT2D eigenvalue weighted by molar-refractivity contribution is -0.143. The van der Waals surface area contributed by atoms with Gasteiger partial charge in [-0.05, 0) is 19.3 Å². The first kappa shape index (κ1) is 13.1. The van der Waals surface area contributed by atoms with E-state index in [0.29, 0.717) is 12.3 Å². The zero-order valence-electron chi connectivity index (χ0n) is 8.99. The number of rotatable bonds is 6. The Balaban J connectivity index is 4.05. The second-order valence-corrected chi connectivity index (χ2v) is 4.05. The molecular weight excluding hydrogens is 182 g/mol. The van der Waals surface area contributed by atoms with Crippen LogP contribution in [0.15, 0.2) is 0 Å². The molecule has 0 saturated heterocycles. The second kappa shape index (κ2) is 5.75. The van der Waals surface area contributed by atoms with E-state index < -0.39 is 17.9 Å². The van der Waals surface area contributed by atoms with E-state index in [1.165, 1.54) is 6.92 Å². The van der Waals surface area contributed by atoms with Crippen LogP contribution in [0.4, 0.5) is 0 Å². The highest BCUT2D eigenvalue weighted by molar-refractivity contribution is 5.88. The lowest BCUT2D eigenvalue weighted by Gasteiger charge is -2.15. The summed E-state index contributed by atoms with van der Waals surface area (Å²) in [4.78, 5) is 22.0. The first-order chi connectivity index (χ1) is 6.36. The van der Waals surface area contributed by atoms with Crippen LogP contribution in [0.25, 0.3) is 0 Å². The summed E-state index contributed by atoms with van der Waals surface area (Å²) in [6, 6.07) is -0.869. The van der Waals surface area contributed by atoms with Crippen LogP contribution in [0, 0.1) is 11.8 Å². The Hall–Kier alpha value is -0.900. The van der Waals surface area contributed by atoms with E-state index in [1.807, 2.05) is 13.8 Å². The van der Waals surface area contributed by atoms with E-state index in [9.17, 15) is 9.59 Å². The number of hydrogen-bond acceptors (Lipinski definition) is 3.